The van der Waals surface area contributed by atoms with E-state index in [-0.39, 0.29) is 35.9 Å². The van der Waals surface area contributed by atoms with Crippen molar-refractivity contribution in [2.24, 2.45) is 0 Å². The van der Waals surface area contributed by atoms with E-state index >= 15 is 8.78 Å². The molecule has 0 aliphatic carbocycles. The van der Waals surface area contributed by atoms with E-state index in [9.17, 15) is 19.2 Å². The number of methoxy groups -OCH3 is 1. The van der Waals surface area contributed by atoms with Gasteiger partial charge in [0.05, 0.1) is 24.0 Å². The van der Waals surface area contributed by atoms with Crippen molar-refractivity contribution in [3.05, 3.63) is 89.9 Å². The van der Waals surface area contributed by atoms with E-state index < -0.39 is 17.8 Å². The number of hydrogen-bond acceptors (Lipinski definition) is 10. The van der Waals surface area contributed by atoms with E-state index in [1.165, 1.54) is 18.1 Å². The van der Waals surface area contributed by atoms with E-state index in [1.807, 2.05) is 23.2 Å². The number of piperazine rings is 1. The number of carbonyl (C=O) groups excluding carboxylic acids is 4. The minimum Gasteiger partial charge on any atom is -0.495 e. The molecule has 15 nitrogen and oxygen atoms in total. The summed E-state index contributed by atoms with van der Waals surface area (Å²) in [5.74, 6) is -1.51. The van der Waals surface area contributed by atoms with Crippen molar-refractivity contribution in [2.75, 3.05) is 88.7 Å². The number of anilines is 3. The first-order valence-corrected chi connectivity index (χ1v) is 23.1. The minimum atomic E-state index is -0.650. The summed E-state index contributed by atoms with van der Waals surface area (Å²) in [6.07, 6.45) is 7.68. The Morgan fingerprint density at radius 2 is 1.70 bits per heavy atom. The smallest absolute Gasteiger partial charge is 0.269 e. The molecule has 66 heavy (non-hydrogen) atoms. The van der Waals surface area contributed by atoms with Gasteiger partial charge in [0.2, 0.25) is 17.7 Å². The first-order chi connectivity index (χ1) is 31.9. The number of carbonyl (C=O) groups is 4. The molecular formula is C49H58F2N10O5. The number of aryl methyl sites for hydroxylation is 1. The molecule has 0 radical (unpaired) electrons. The van der Waals surface area contributed by atoms with Gasteiger partial charge in [-0.2, -0.15) is 5.10 Å². The monoisotopic (exact) mass is 904 g/mol. The van der Waals surface area contributed by atoms with Crippen molar-refractivity contribution in [1.29, 1.82) is 0 Å². The standard InChI is InChI=1S/C49H58F2N10O5/c1-56(2)49(65)41-27-37-35(26-36(46(51)47(37)54-41)32-6-4-17-60(30-32)45(63)15-21-61-18-5-16-52-61)31-7-9-33(10-8-31)57-22-24-58(25-23-57)34-13-19-59(20-14-34)42-29-43(66-3)40(28-38(42)50)53-39-11-12-44(62)55-48(39)64/h5,7-10,16,18,26-29,32,34,39,53-54H,4,6,11-15,17,19-25,30H2,1-3H3,(H,55,62,64)/t32-,39?/m0/s1. The van der Waals surface area contributed by atoms with Crippen LogP contribution in [0.3, 0.4) is 0 Å². The Hall–Kier alpha value is -6.49. The largest absolute Gasteiger partial charge is 0.495 e. The number of halogens is 2. The zero-order valence-corrected chi connectivity index (χ0v) is 37.8. The Morgan fingerprint density at radius 1 is 0.924 bits per heavy atom. The molecule has 0 spiro atoms. The third-order valence-corrected chi connectivity index (χ3v) is 13.9. The lowest BCUT2D eigenvalue weighted by molar-refractivity contribution is -0.134. The Balaban J connectivity index is 0.848. The molecule has 3 aromatic carbocycles. The molecule has 5 aromatic rings. The number of hydrogen-bond donors (Lipinski definition) is 3. The summed E-state index contributed by atoms with van der Waals surface area (Å²) in [6, 6.07) is 16.7. The molecule has 2 atom stereocenters. The van der Waals surface area contributed by atoms with Gasteiger partial charge in [0, 0.05) is 133 Å². The van der Waals surface area contributed by atoms with Crippen molar-refractivity contribution < 1.29 is 32.7 Å². The number of aromatic amines is 1. The van der Waals surface area contributed by atoms with Crippen LogP contribution in [0, 0.1) is 11.6 Å². The number of H-pyrrole nitrogens is 1. The molecule has 0 bridgehead atoms. The number of imide groups is 1. The highest BCUT2D eigenvalue weighted by Crippen LogP contribution is 2.40. The van der Waals surface area contributed by atoms with E-state index in [2.05, 4.69) is 59.7 Å². The molecule has 0 saturated carbocycles. The lowest BCUT2D eigenvalue weighted by Gasteiger charge is -2.44. The van der Waals surface area contributed by atoms with E-state index in [0.29, 0.717) is 90.9 Å². The van der Waals surface area contributed by atoms with Crippen LogP contribution in [0.5, 0.6) is 5.75 Å². The van der Waals surface area contributed by atoms with Crippen molar-refractivity contribution in [3.8, 4) is 16.9 Å². The predicted octanol–water partition coefficient (Wildman–Crippen LogP) is 5.82. The number of aromatic nitrogens is 3. The SMILES string of the molecule is COc1cc(N2CCC(N3CCN(c4ccc(-c5cc([C@H]6CCCN(C(=O)CCn7cccn7)C6)c(F)c6[nH]c(C(=O)N(C)C)cc56)cc4)CC3)CC2)c(F)cc1NC1CCC(=O)NC1=O. The van der Waals surface area contributed by atoms with Crippen LogP contribution in [-0.2, 0) is 20.9 Å². The lowest BCUT2D eigenvalue weighted by Crippen LogP contribution is -2.53. The third-order valence-electron chi connectivity index (χ3n) is 13.9. The Bertz CT molecular complexity index is 2580. The van der Waals surface area contributed by atoms with Gasteiger partial charge in [-0.25, -0.2) is 8.78 Å². The van der Waals surface area contributed by atoms with Crippen LogP contribution in [-0.4, -0.2) is 139 Å². The highest BCUT2D eigenvalue weighted by atomic mass is 19.1. The minimum absolute atomic E-state index is 0.0257. The molecule has 2 aromatic heterocycles. The number of nitrogens with one attached hydrogen (secondary N) is 3. The predicted molar refractivity (Wildman–Crippen MR) is 249 cm³/mol. The van der Waals surface area contributed by atoms with Crippen LogP contribution in [0.1, 0.15) is 66.9 Å². The highest BCUT2D eigenvalue weighted by molar-refractivity contribution is 6.04. The van der Waals surface area contributed by atoms with E-state index in [1.54, 1.807) is 37.1 Å². The van der Waals surface area contributed by atoms with Crippen LogP contribution in [0.25, 0.3) is 22.0 Å². The van der Waals surface area contributed by atoms with Gasteiger partial charge < -0.3 is 34.6 Å². The van der Waals surface area contributed by atoms with Crippen molar-refractivity contribution in [3.63, 3.8) is 0 Å². The first-order valence-electron chi connectivity index (χ1n) is 23.1. The molecule has 6 heterocycles. The number of amides is 4. The summed E-state index contributed by atoms with van der Waals surface area (Å²) < 4.78 is 39.6. The molecule has 3 N–H and O–H groups in total. The van der Waals surface area contributed by atoms with Crippen LogP contribution >= 0.6 is 0 Å². The van der Waals surface area contributed by atoms with Crippen molar-refractivity contribution >= 4 is 51.6 Å². The molecule has 4 aliphatic heterocycles. The fourth-order valence-electron chi connectivity index (χ4n) is 10.2. The average molecular weight is 905 g/mol. The Labute approximate surface area is 383 Å². The molecule has 17 heteroatoms. The molecule has 4 fully saturated rings. The van der Waals surface area contributed by atoms with Crippen LogP contribution in [0.4, 0.5) is 25.8 Å². The average Bonchev–Trinajstić information content (AvgIpc) is 4.04. The first kappa shape index (κ1) is 44.7. The zero-order valence-electron chi connectivity index (χ0n) is 37.8. The topological polar surface area (TPSA) is 151 Å². The number of nitrogens with zero attached hydrogens (tertiary/aromatic N) is 7. The maximum atomic E-state index is 16.7. The van der Waals surface area contributed by atoms with Gasteiger partial charge in [-0.15, -0.1) is 0 Å². The van der Waals surface area contributed by atoms with Crippen molar-refractivity contribution in [1.82, 2.24) is 34.8 Å². The second kappa shape index (κ2) is 19.2. The number of likely N-dealkylation sites (tertiary alicyclic amines) is 1. The summed E-state index contributed by atoms with van der Waals surface area (Å²) in [5.41, 5.74) is 4.84. The van der Waals surface area contributed by atoms with Gasteiger partial charge in [0.25, 0.3) is 5.91 Å². The number of rotatable bonds is 12. The van der Waals surface area contributed by atoms with Crippen molar-refractivity contribution in [2.45, 2.75) is 69.5 Å². The van der Waals surface area contributed by atoms with Gasteiger partial charge in [-0.05, 0) is 79.1 Å². The normalized spacial score (nSPS) is 19.9. The molecular weight excluding hydrogens is 847 g/mol. The molecule has 9 rings (SSSR count). The van der Waals surface area contributed by atoms with Crippen LogP contribution in [0.15, 0.2) is 67.0 Å². The number of ether oxygens (including phenoxy) is 1. The van der Waals surface area contributed by atoms with Gasteiger partial charge in [0.1, 0.15) is 23.3 Å². The molecule has 4 aliphatic rings. The lowest BCUT2D eigenvalue weighted by atomic mass is 9.87. The summed E-state index contributed by atoms with van der Waals surface area (Å²) in [6.45, 7) is 6.43. The summed E-state index contributed by atoms with van der Waals surface area (Å²) in [4.78, 5) is 63.8. The van der Waals surface area contributed by atoms with E-state index in [0.717, 1.165) is 68.7 Å². The zero-order chi connectivity index (χ0) is 46.1. The van der Waals surface area contributed by atoms with Crippen LogP contribution < -0.4 is 25.2 Å². The van der Waals surface area contributed by atoms with Gasteiger partial charge in [0.15, 0.2) is 5.82 Å². The third kappa shape index (κ3) is 9.30. The second-order valence-corrected chi connectivity index (χ2v) is 18.1. The maximum Gasteiger partial charge on any atom is 0.269 e. The highest BCUT2D eigenvalue weighted by Gasteiger charge is 2.32. The molecule has 4 amide bonds. The van der Waals surface area contributed by atoms with E-state index in [4.69, 9.17) is 4.74 Å². The van der Waals surface area contributed by atoms with Gasteiger partial charge in [-0.3, -0.25) is 34.1 Å². The summed E-state index contributed by atoms with van der Waals surface area (Å²) >= 11 is 0. The summed E-state index contributed by atoms with van der Waals surface area (Å²) in [7, 11) is 4.87. The van der Waals surface area contributed by atoms with Gasteiger partial charge in [-0.1, -0.05) is 12.1 Å². The van der Waals surface area contributed by atoms with Gasteiger partial charge >= 0.3 is 0 Å². The number of benzene rings is 3. The number of piperidine rings is 3. The molecule has 348 valence electrons. The molecule has 1 unspecified atom stereocenters. The number of fused-ring (bicyclic) bond motifs is 1. The van der Waals surface area contributed by atoms with Crippen LogP contribution in [0.2, 0.25) is 0 Å². The Kier molecular flexibility index (Phi) is 13.0. The second-order valence-electron chi connectivity index (χ2n) is 18.1. The quantitative estimate of drug-likeness (QED) is 0.131. The fraction of sp³-hybridized carbons (Fsp3) is 0.449. The maximum absolute atomic E-state index is 16.7. The Morgan fingerprint density at radius 3 is 2.39 bits per heavy atom. The molecule has 4 saturated heterocycles. The summed E-state index contributed by atoms with van der Waals surface area (Å²) in [5, 5.41) is 10.2. The fourth-order valence-corrected chi connectivity index (χ4v) is 10.2.